The van der Waals surface area contributed by atoms with Crippen LogP contribution in [-0.4, -0.2) is 0 Å². The Hall–Kier alpha value is -1.93. The zero-order valence-corrected chi connectivity index (χ0v) is 15.4. The number of hydrogen-bond acceptors (Lipinski definition) is 1. The summed E-state index contributed by atoms with van der Waals surface area (Å²) in [6.45, 7) is 11.3. The number of benzene rings is 2. The minimum atomic E-state index is 0.102. The molecule has 1 aromatic heterocycles. The van der Waals surface area contributed by atoms with E-state index < -0.39 is 0 Å². The van der Waals surface area contributed by atoms with Crippen LogP contribution >= 0.6 is 11.3 Å². The lowest BCUT2D eigenvalue weighted by Gasteiger charge is -2.13. The molecular weight excluding hydrogens is 298 g/mol. The van der Waals surface area contributed by atoms with Gasteiger partial charge in [-0.15, -0.1) is 0 Å². The molecule has 0 aliphatic heterocycles. The van der Waals surface area contributed by atoms with Gasteiger partial charge in [0.2, 0.25) is 16.4 Å². The lowest BCUT2D eigenvalue weighted by Crippen LogP contribution is -2.41. The molecular formula is C21H24NS+. The van der Waals surface area contributed by atoms with Gasteiger partial charge >= 0.3 is 0 Å². The summed E-state index contributed by atoms with van der Waals surface area (Å²) >= 11 is 1.91. The smallest absolute Gasteiger partial charge is 0.151 e. The van der Waals surface area contributed by atoms with Crippen molar-refractivity contribution in [1.29, 1.82) is 0 Å². The molecule has 0 saturated heterocycles. The number of aryl methyl sites for hydroxylation is 1. The van der Waals surface area contributed by atoms with Gasteiger partial charge in [0.05, 0.1) is 5.41 Å². The fourth-order valence-electron chi connectivity index (χ4n) is 2.92. The van der Waals surface area contributed by atoms with Gasteiger partial charge in [0.25, 0.3) is 0 Å². The summed E-state index contributed by atoms with van der Waals surface area (Å²) < 4.78 is 2.45. The molecule has 0 bridgehead atoms. The fourth-order valence-corrected chi connectivity index (χ4v) is 4.24. The Balaban J connectivity index is 2.31. The molecule has 3 aromatic rings. The van der Waals surface area contributed by atoms with Crippen LogP contribution in [0.1, 0.15) is 37.0 Å². The maximum absolute atomic E-state index is 2.45. The van der Waals surface area contributed by atoms with Gasteiger partial charge in [-0.25, -0.2) is 0 Å². The minimum absolute atomic E-state index is 0.102. The second kappa shape index (κ2) is 5.93. The topological polar surface area (TPSA) is 3.88 Å². The van der Waals surface area contributed by atoms with Gasteiger partial charge in [-0.3, -0.25) is 0 Å². The lowest BCUT2D eigenvalue weighted by molar-refractivity contribution is -0.609. The summed E-state index contributed by atoms with van der Waals surface area (Å²) in [5.74, 6) is 0. The van der Waals surface area contributed by atoms with Gasteiger partial charge in [0, 0.05) is 18.6 Å². The standard InChI is InChI=1S/C21H24NS/c1-15-11-9-10-14-18(15)22-16(2)19(17-12-7-6-8-13-17)23-20(22)21(3,4)5/h6-14H,1-5H3/q+1. The van der Waals surface area contributed by atoms with Crippen molar-refractivity contribution >= 4 is 11.3 Å². The van der Waals surface area contributed by atoms with Crippen molar-refractivity contribution in [1.82, 2.24) is 0 Å². The number of rotatable bonds is 2. The van der Waals surface area contributed by atoms with Gasteiger partial charge in [0.1, 0.15) is 4.88 Å². The molecule has 0 N–H and O–H groups in total. The molecule has 1 heterocycles. The SMILES string of the molecule is Cc1ccccc1-[n+]1c(C(C)(C)C)sc(-c2ccccc2)c1C. The van der Waals surface area contributed by atoms with Crippen LogP contribution in [0.3, 0.4) is 0 Å². The fraction of sp³-hybridized carbons (Fsp3) is 0.286. The number of para-hydroxylation sites is 1. The van der Waals surface area contributed by atoms with Gasteiger partial charge in [0.15, 0.2) is 0 Å². The van der Waals surface area contributed by atoms with E-state index in [0.29, 0.717) is 0 Å². The van der Waals surface area contributed by atoms with E-state index in [4.69, 9.17) is 0 Å². The number of aromatic nitrogens is 1. The van der Waals surface area contributed by atoms with Crippen LogP contribution < -0.4 is 4.57 Å². The highest BCUT2D eigenvalue weighted by Crippen LogP contribution is 2.35. The maximum Gasteiger partial charge on any atom is 0.249 e. The van der Waals surface area contributed by atoms with Crippen molar-refractivity contribution in [2.45, 2.75) is 40.0 Å². The number of nitrogens with zero attached hydrogens (tertiary/aromatic N) is 1. The maximum atomic E-state index is 2.45. The van der Waals surface area contributed by atoms with Crippen LogP contribution in [0, 0.1) is 13.8 Å². The van der Waals surface area contributed by atoms with E-state index in [1.807, 2.05) is 11.3 Å². The Labute approximate surface area is 143 Å². The molecule has 0 radical (unpaired) electrons. The van der Waals surface area contributed by atoms with Crippen molar-refractivity contribution in [2.75, 3.05) is 0 Å². The van der Waals surface area contributed by atoms with Crippen LogP contribution in [0.4, 0.5) is 0 Å². The van der Waals surface area contributed by atoms with E-state index in [-0.39, 0.29) is 5.41 Å². The summed E-state index contributed by atoms with van der Waals surface area (Å²) in [4.78, 5) is 1.36. The molecule has 0 aliphatic rings. The quantitative estimate of drug-likeness (QED) is 0.540. The molecule has 2 heteroatoms. The predicted molar refractivity (Wildman–Crippen MR) is 99.5 cm³/mol. The Bertz CT molecular complexity index is 823. The van der Waals surface area contributed by atoms with Crippen LogP contribution in [0.25, 0.3) is 16.1 Å². The van der Waals surface area contributed by atoms with E-state index in [2.05, 4.69) is 93.8 Å². The average molecular weight is 322 g/mol. The summed E-state index contributed by atoms with van der Waals surface area (Å²) in [7, 11) is 0. The van der Waals surface area contributed by atoms with Crippen LogP contribution in [0.15, 0.2) is 54.6 Å². The highest BCUT2D eigenvalue weighted by Gasteiger charge is 2.34. The van der Waals surface area contributed by atoms with E-state index in [1.54, 1.807) is 0 Å². The average Bonchev–Trinajstić information content (AvgIpc) is 2.86. The first-order valence-corrected chi connectivity index (χ1v) is 8.88. The zero-order valence-electron chi connectivity index (χ0n) is 14.6. The Morgan fingerprint density at radius 1 is 0.826 bits per heavy atom. The minimum Gasteiger partial charge on any atom is -0.151 e. The monoisotopic (exact) mass is 322 g/mol. The first-order chi connectivity index (χ1) is 10.9. The molecule has 0 aliphatic carbocycles. The molecule has 0 spiro atoms. The third-order valence-corrected chi connectivity index (χ3v) is 5.82. The largest absolute Gasteiger partial charge is 0.249 e. The van der Waals surface area contributed by atoms with E-state index >= 15 is 0 Å². The van der Waals surface area contributed by atoms with Crippen molar-refractivity contribution in [3.8, 4) is 16.1 Å². The Morgan fingerprint density at radius 3 is 2.04 bits per heavy atom. The molecule has 0 fully saturated rings. The molecule has 0 atom stereocenters. The molecule has 0 amide bonds. The third kappa shape index (κ3) is 2.96. The van der Waals surface area contributed by atoms with Crippen molar-refractivity contribution in [2.24, 2.45) is 0 Å². The molecule has 0 unspecified atom stereocenters. The van der Waals surface area contributed by atoms with Crippen molar-refractivity contribution in [3.63, 3.8) is 0 Å². The van der Waals surface area contributed by atoms with E-state index in [1.165, 1.54) is 32.4 Å². The second-order valence-corrected chi connectivity index (χ2v) is 8.06. The molecule has 118 valence electrons. The highest BCUT2D eigenvalue weighted by molar-refractivity contribution is 7.15. The highest BCUT2D eigenvalue weighted by atomic mass is 32.1. The molecule has 0 saturated carbocycles. The van der Waals surface area contributed by atoms with Gasteiger partial charge < -0.3 is 0 Å². The summed E-state index contributed by atoms with van der Waals surface area (Å²) in [5.41, 5.74) is 5.32. The van der Waals surface area contributed by atoms with Crippen molar-refractivity contribution in [3.05, 3.63) is 70.9 Å². The number of hydrogen-bond donors (Lipinski definition) is 0. The van der Waals surface area contributed by atoms with Crippen LogP contribution in [-0.2, 0) is 5.41 Å². The first kappa shape index (κ1) is 15.9. The molecule has 23 heavy (non-hydrogen) atoms. The number of thiazole rings is 1. The summed E-state index contributed by atoms with van der Waals surface area (Å²) in [5, 5.41) is 1.39. The van der Waals surface area contributed by atoms with Gasteiger partial charge in [-0.05, 0) is 33.3 Å². The second-order valence-electron chi connectivity index (χ2n) is 7.06. The molecule has 2 aromatic carbocycles. The van der Waals surface area contributed by atoms with Crippen LogP contribution in [0.2, 0.25) is 0 Å². The van der Waals surface area contributed by atoms with E-state index in [0.717, 1.165) is 0 Å². The zero-order chi connectivity index (χ0) is 16.6. The molecule has 1 nitrogen and oxygen atoms in total. The van der Waals surface area contributed by atoms with Gasteiger partial charge in [-0.1, -0.05) is 59.9 Å². The first-order valence-electron chi connectivity index (χ1n) is 8.07. The van der Waals surface area contributed by atoms with Gasteiger partial charge in [-0.2, -0.15) is 4.57 Å². The summed E-state index contributed by atoms with van der Waals surface area (Å²) in [6, 6.07) is 19.4. The predicted octanol–water partition coefficient (Wildman–Crippen LogP) is 5.61. The van der Waals surface area contributed by atoms with Crippen molar-refractivity contribution < 1.29 is 4.57 Å². The normalized spacial score (nSPS) is 11.7. The Kier molecular flexibility index (Phi) is 4.11. The van der Waals surface area contributed by atoms with Crippen LogP contribution in [0.5, 0.6) is 0 Å². The summed E-state index contributed by atoms with van der Waals surface area (Å²) in [6.07, 6.45) is 0. The molecule has 3 rings (SSSR count). The van der Waals surface area contributed by atoms with E-state index in [9.17, 15) is 0 Å². The lowest BCUT2D eigenvalue weighted by atomic mass is 9.97. The Morgan fingerprint density at radius 2 is 1.43 bits per heavy atom. The third-order valence-electron chi connectivity index (χ3n) is 4.10.